The molecule has 1 aromatic carbocycles. The van der Waals surface area contributed by atoms with Gasteiger partial charge >= 0.3 is 0 Å². The van der Waals surface area contributed by atoms with Gasteiger partial charge in [0.05, 0.1) is 10.7 Å². The van der Waals surface area contributed by atoms with Crippen LogP contribution in [0.25, 0.3) is 5.70 Å². The number of nitrogens with zero attached hydrogens (tertiary/aromatic N) is 6. The monoisotopic (exact) mass is 530 g/mol. The second kappa shape index (κ2) is 13.5. The normalized spacial score (nSPS) is 15.1. The lowest BCUT2D eigenvalue weighted by Crippen LogP contribution is -2.42. The number of benzene rings is 1. The maximum Gasteiger partial charge on any atom is 0.159 e. The number of aliphatic imine (C=N–C) groups is 2. The van der Waals surface area contributed by atoms with Crippen LogP contribution in [-0.4, -0.2) is 72.3 Å². The summed E-state index contributed by atoms with van der Waals surface area (Å²) in [6, 6.07) is 7.66. The van der Waals surface area contributed by atoms with Crippen LogP contribution in [0.5, 0.6) is 0 Å². The Hall–Kier alpha value is -3.00. The maximum atomic E-state index is 14.2. The molecule has 0 radical (unpaired) electrons. The largest absolute Gasteiger partial charge is 0.360 e. The van der Waals surface area contributed by atoms with Crippen molar-refractivity contribution in [2.75, 3.05) is 44.7 Å². The van der Waals surface area contributed by atoms with Gasteiger partial charge in [0.25, 0.3) is 0 Å². The third kappa shape index (κ3) is 7.51. The van der Waals surface area contributed by atoms with Crippen LogP contribution < -0.4 is 4.90 Å². The summed E-state index contributed by atoms with van der Waals surface area (Å²) < 4.78 is 27.9. The van der Waals surface area contributed by atoms with Gasteiger partial charge in [-0.05, 0) is 70.9 Å². The second-order valence-electron chi connectivity index (χ2n) is 9.27. The molecule has 200 valence electrons. The number of hydrogen-bond donors (Lipinski definition) is 0. The average molecular weight is 531 g/mol. The highest BCUT2D eigenvalue weighted by Gasteiger charge is 2.19. The molecule has 1 aliphatic rings. The summed E-state index contributed by atoms with van der Waals surface area (Å²) in [6.07, 6.45) is 5.83. The minimum Gasteiger partial charge on any atom is -0.360 e. The van der Waals surface area contributed by atoms with Gasteiger partial charge in [0.15, 0.2) is 11.6 Å². The summed E-state index contributed by atoms with van der Waals surface area (Å²) in [5, 5.41) is 0.608. The van der Waals surface area contributed by atoms with Crippen molar-refractivity contribution < 1.29 is 8.78 Å². The third-order valence-corrected chi connectivity index (χ3v) is 6.80. The smallest absolute Gasteiger partial charge is 0.159 e. The van der Waals surface area contributed by atoms with E-state index in [4.69, 9.17) is 16.6 Å². The molecule has 3 rings (SSSR count). The van der Waals surface area contributed by atoms with Crippen molar-refractivity contribution in [2.24, 2.45) is 9.98 Å². The molecule has 0 bridgehead atoms. The van der Waals surface area contributed by atoms with Gasteiger partial charge in [-0.25, -0.2) is 18.8 Å². The Bertz CT molecular complexity index is 1140. The summed E-state index contributed by atoms with van der Waals surface area (Å²) in [6.45, 7) is 12.2. The summed E-state index contributed by atoms with van der Waals surface area (Å²) in [5.41, 5.74) is 1.03. The zero-order chi connectivity index (χ0) is 26.9. The molecule has 0 aliphatic carbocycles. The third-order valence-electron chi connectivity index (χ3n) is 6.50. The zero-order valence-electron chi connectivity index (χ0n) is 22.4. The molecule has 0 atom stereocenters. The Kier molecular flexibility index (Phi) is 10.4. The van der Waals surface area contributed by atoms with Gasteiger partial charge < -0.3 is 14.7 Å². The number of anilines is 1. The SMILES string of the molecule is CCN(CCN(C(/C=C(\N=C(C)N1CCCC1)c1ccc(F)c(F)c1)=NC)C(C)C)c1ncccc1Cl. The lowest BCUT2D eigenvalue weighted by molar-refractivity contribution is 0.355. The number of likely N-dealkylation sites (tertiary alicyclic amines) is 1. The van der Waals surface area contributed by atoms with Crippen molar-refractivity contribution in [2.45, 2.75) is 46.6 Å². The van der Waals surface area contributed by atoms with E-state index in [0.717, 1.165) is 50.2 Å². The van der Waals surface area contributed by atoms with E-state index in [1.807, 2.05) is 25.1 Å². The van der Waals surface area contributed by atoms with Crippen molar-refractivity contribution in [1.29, 1.82) is 0 Å². The number of rotatable bonds is 9. The van der Waals surface area contributed by atoms with E-state index < -0.39 is 11.6 Å². The van der Waals surface area contributed by atoms with Crippen molar-refractivity contribution in [3.05, 3.63) is 64.8 Å². The molecule has 0 N–H and O–H groups in total. The Labute approximate surface area is 224 Å². The Morgan fingerprint density at radius 2 is 1.89 bits per heavy atom. The van der Waals surface area contributed by atoms with Gasteiger partial charge in [0.2, 0.25) is 0 Å². The molecule has 1 fully saturated rings. The quantitative estimate of drug-likeness (QED) is 0.289. The first-order valence-electron chi connectivity index (χ1n) is 12.8. The second-order valence-corrected chi connectivity index (χ2v) is 9.68. The first-order valence-corrected chi connectivity index (χ1v) is 13.2. The fraction of sp³-hybridized carbons (Fsp3) is 0.464. The number of aromatic nitrogens is 1. The van der Waals surface area contributed by atoms with Crippen molar-refractivity contribution in [3.8, 4) is 0 Å². The molecule has 37 heavy (non-hydrogen) atoms. The number of likely N-dealkylation sites (N-methyl/N-ethyl adjacent to an activating group) is 1. The Balaban J connectivity index is 1.94. The van der Waals surface area contributed by atoms with Crippen molar-refractivity contribution in [3.63, 3.8) is 0 Å². The molecule has 0 saturated carbocycles. The fourth-order valence-corrected chi connectivity index (χ4v) is 4.65. The van der Waals surface area contributed by atoms with Gasteiger partial charge in [-0.1, -0.05) is 11.6 Å². The van der Waals surface area contributed by atoms with Crippen molar-refractivity contribution >= 4 is 34.8 Å². The Morgan fingerprint density at radius 3 is 2.49 bits per heavy atom. The minimum atomic E-state index is -0.904. The predicted molar refractivity (Wildman–Crippen MR) is 151 cm³/mol. The van der Waals surface area contributed by atoms with E-state index in [1.54, 1.807) is 19.3 Å². The van der Waals surface area contributed by atoms with Crippen LogP contribution in [0.15, 0.2) is 52.6 Å². The number of pyridine rings is 1. The molecular formula is C28H37ClF2N6. The summed E-state index contributed by atoms with van der Waals surface area (Å²) in [7, 11) is 1.73. The van der Waals surface area contributed by atoms with Gasteiger partial charge in [0, 0.05) is 63.6 Å². The van der Waals surface area contributed by atoms with Crippen LogP contribution in [0, 0.1) is 11.6 Å². The van der Waals surface area contributed by atoms with E-state index in [0.29, 0.717) is 35.2 Å². The van der Waals surface area contributed by atoms with Gasteiger partial charge in [0.1, 0.15) is 17.5 Å². The first-order chi connectivity index (χ1) is 17.7. The van der Waals surface area contributed by atoms with E-state index in [1.165, 1.54) is 6.07 Å². The van der Waals surface area contributed by atoms with Gasteiger partial charge in [-0.3, -0.25) is 4.99 Å². The fourth-order valence-electron chi connectivity index (χ4n) is 4.41. The molecule has 1 aromatic heterocycles. The molecule has 0 amide bonds. The molecule has 6 nitrogen and oxygen atoms in total. The molecule has 0 unspecified atom stereocenters. The van der Waals surface area contributed by atoms with Crippen LogP contribution in [0.2, 0.25) is 5.02 Å². The lowest BCUT2D eigenvalue weighted by Gasteiger charge is -2.32. The first kappa shape index (κ1) is 28.6. The van der Waals surface area contributed by atoms with E-state index in [2.05, 4.69) is 45.4 Å². The predicted octanol–water partition coefficient (Wildman–Crippen LogP) is 6.13. The van der Waals surface area contributed by atoms with Crippen molar-refractivity contribution in [1.82, 2.24) is 14.8 Å². The zero-order valence-corrected chi connectivity index (χ0v) is 23.1. The summed E-state index contributed by atoms with van der Waals surface area (Å²) in [4.78, 5) is 20.4. The maximum absolute atomic E-state index is 14.2. The highest BCUT2D eigenvalue weighted by atomic mass is 35.5. The summed E-state index contributed by atoms with van der Waals surface area (Å²) in [5.74, 6) is 0.510. The molecule has 1 saturated heterocycles. The summed E-state index contributed by atoms with van der Waals surface area (Å²) >= 11 is 6.40. The van der Waals surface area contributed by atoms with Crippen LogP contribution in [0.4, 0.5) is 14.6 Å². The highest BCUT2D eigenvalue weighted by molar-refractivity contribution is 6.32. The van der Waals surface area contributed by atoms with E-state index in [-0.39, 0.29) is 6.04 Å². The minimum absolute atomic E-state index is 0.128. The molecule has 2 heterocycles. The molecule has 1 aliphatic heterocycles. The number of hydrogen-bond acceptors (Lipinski definition) is 4. The van der Waals surface area contributed by atoms with Gasteiger partial charge in [-0.15, -0.1) is 0 Å². The Morgan fingerprint density at radius 1 is 1.16 bits per heavy atom. The van der Waals surface area contributed by atoms with Gasteiger partial charge in [-0.2, -0.15) is 0 Å². The molecular weight excluding hydrogens is 494 g/mol. The highest BCUT2D eigenvalue weighted by Crippen LogP contribution is 2.24. The van der Waals surface area contributed by atoms with Crippen LogP contribution in [0.1, 0.15) is 46.1 Å². The average Bonchev–Trinajstić information content (AvgIpc) is 3.42. The molecule has 2 aromatic rings. The molecule has 0 spiro atoms. The van der Waals surface area contributed by atoms with E-state index >= 15 is 0 Å². The lowest BCUT2D eigenvalue weighted by atomic mass is 10.1. The molecule has 9 heteroatoms. The van der Waals surface area contributed by atoms with E-state index in [9.17, 15) is 8.78 Å². The topological polar surface area (TPSA) is 47.3 Å². The van der Waals surface area contributed by atoms with Crippen LogP contribution in [-0.2, 0) is 0 Å². The van der Waals surface area contributed by atoms with Crippen LogP contribution in [0.3, 0.4) is 0 Å². The standard InChI is InChI=1S/C28H37ClF2N6/c1-6-35(28-23(29)10-9-13-33-28)16-17-37(20(2)3)27(32-5)19-26(22-11-12-24(30)25(31)18-22)34-21(4)36-14-7-8-15-36/h9-13,18-20H,6-8,14-17H2,1-5H3/b26-19-,32-27?,34-21?. The number of halogens is 3. The number of amidine groups is 2. The van der Waals surface area contributed by atoms with Crippen LogP contribution >= 0.6 is 11.6 Å².